The molecular weight excluding hydrogens is 385 g/mol. The van der Waals surface area contributed by atoms with Crippen molar-refractivity contribution in [2.75, 3.05) is 0 Å². The maximum absolute atomic E-state index is 5.52. The number of nitrogens with two attached hydrogens (primary N) is 1. The van der Waals surface area contributed by atoms with Gasteiger partial charge in [0.2, 0.25) is 0 Å². The third-order valence-electron chi connectivity index (χ3n) is 1.34. The van der Waals surface area contributed by atoms with Crippen LogP contribution in [0.4, 0.5) is 0 Å². The topological polar surface area (TPSA) is 26.0 Å². The normalized spacial score (nSPS) is 10.2. The second kappa shape index (κ2) is 4.20. The molecule has 0 heterocycles. The van der Waals surface area contributed by atoms with Crippen molar-refractivity contribution >= 4 is 54.5 Å². The minimum absolute atomic E-state index is 0.573. The van der Waals surface area contributed by atoms with Crippen LogP contribution in [0.3, 0.4) is 0 Å². The lowest BCUT2D eigenvalue weighted by atomic mass is 10.2. The molecule has 0 saturated carbocycles. The molecule has 0 fully saturated rings. The van der Waals surface area contributed by atoms with E-state index in [1.54, 1.807) is 0 Å². The molecule has 11 heavy (non-hydrogen) atoms. The lowest BCUT2D eigenvalue weighted by molar-refractivity contribution is 1.06. The van der Waals surface area contributed by atoms with Crippen LogP contribution in [0.15, 0.2) is 21.1 Å². The third kappa shape index (κ3) is 2.17. The standard InChI is InChI=1S/C7H6Br2IN/c8-5-2-1-4(3-11)6(9)7(5)10/h1-2H,3,11H2. The van der Waals surface area contributed by atoms with E-state index in [0.29, 0.717) is 6.54 Å². The van der Waals surface area contributed by atoms with Crippen molar-refractivity contribution in [2.45, 2.75) is 6.54 Å². The molecule has 1 aromatic rings. The van der Waals surface area contributed by atoms with E-state index in [1.165, 1.54) is 3.57 Å². The molecule has 4 heteroatoms. The molecule has 0 atom stereocenters. The molecule has 1 nitrogen and oxygen atoms in total. The third-order valence-corrected chi connectivity index (χ3v) is 5.50. The molecule has 60 valence electrons. The van der Waals surface area contributed by atoms with Crippen molar-refractivity contribution in [2.24, 2.45) is 5.73 Å². The Morgan fingerprint density at radius 1 is 1.36 bits per heavy atom. The molecule has 0 radical (unpaired) electrons. The molecule has 0 aromatic heterocycles. The molecule has 1 rings (SSSR count). The summed E-state index contributed by atoms with van der Waals surface area (Å²) in [6.45, 7) is 0.573. The van der Waals surface area contributed by atoms with Crippen LogP contribution < -0.4 is 5.73 Å². The van der Waals surface area contributed by atoms with E-state index < -0.39 is 0 Å². The van der Waals surface area contributed by atoms with Crippen molar-refractivity contribution < 1.29 is 0 Å². The van der Waals surface area contributed by atoms with E-state index in [1.807, 2.05) is 12.1 Å². The van der Waals surface area contributed by atoms with Gasteiger partial charge in [0.05, 0.1) is 0 Å². The van der Waals surface area contributed by atoms with Gasteiger partial charge >= 0.3 is 0 Å². The Balaban J connectivity index is 3.25. The SMILES string of the molecule is NCc1ccc(Br)c(I)c1Br. The van der Waals surface area contributed by atoms with Gasteiger partial charge in [0.1, 0.15) is 0 Å². The van der Waals surface area contributed by atoms with Gasteiger partial charge in [-0.1, -0.05) is 6.07 Å². The first kappa shape index (κ1) is 9.95. The molecule has 0 amide bonds. The van der Waals surface area contributed by atoms with E-state index in [9.17, 15) is 0 Å². The van der Waals surface area contributed by atoms with E-state index in [4.69, 9.17) is 5.73 Å². The minimum Gasteiger partial charge on any atom is -0.326 e. The molecule has 2 N–H and O–H groups in total. The number of benzene rings is 1. The molecule has 0 saturated heterocycles. The van der Waals surface area contributed by atoms with E-state index in [0.717, 1.165) is 14.5 Å². The van der Waals surface area contributed by atoms with Crippen molar-refractivity contribution in [3.8, 4) is 0 Å². The summed E-state index contributed by atoms with van der Waals surface area (Å²) in [6.07, 6.45) is 0. The van der Waals surface area contributed by atoms with Crippen molar-refractivity contribution in [1.29, 1.82) is 0 Å². The quantitative estimate of drug-likeness (QED) is 0.578. The molecular formula is C7H6Br2IN. The average Bonchev–Trinajstić information content (AvgIpc) is 2.01. The van der Waals surface area contributed by atoms with Crippen LogP contribution in [0.2, 0.25) is 0 Å². The van der Waals surface area contributed by atoms with Crippen LogP contribution in [-0.2, 0) is 6.54 Å². The lowest BCUT2D eigenvalue weighted by Gasteiger charge is -2.04. The van der Waals surface area contributed by atoms with Gasteiger partial charge < -0.3 is 5.73 Å². The Morgan fingerprint density at radius 3 is 2.55 bits per heavy atom. The van der Waals surface area contributed by atoms with Crippen LogP contribution in [-0.4, -0.2) is 0 Å². The van der Waals surface area contributed by atoms with E-state index in [-0.39, 0.29) is 0 Å². The molecule has 1 aromatic carbocycles. The molecule has 0 aliphatic heterocycles. The van der Waals surface area contributed by atoms with Crippen LogP contribution in [0.25, 0.3) is 0 Å². The average molecular weight is 391 g/mol. The monoisotopic (exact) mass is 389 g/mol. The predicted octanol–water partition coefficient (Wildman–Crippen LogP) is 3.27. The number of rotatable bonds is 1. The first-order valence-corrected chi connectivity index (χ1v) is 5.65. The van der Waals surface area contributed by atoms with Crippen molar-refractivity contribution in [3.63, 3.8) is 0 Å². The van der Waals surface area contributed by atoms with E-state index in [2.05, 4.69) is 54.5 Å². The van der Waals surface area contributed by atoms with Gasteiger partial charge in [-0.2, -0.15) is 0 Å². The summed E-state index contributed by atoms with van der Waals surface area (Å²) in [5.74, 6) is 0. The molecule has 0 aliphatic rings. The highest BCUT2D eigenvalue weighted by Gasteiger charge is 2.04. The fourth-order valence-corrected chi connectivity index (χ4v) is 2.35. The minimum atomic E-state index is 0.573. The fraction of sp³-hybridized carbons (Fsp3) is 0.143. The second-order valence-corrected chi connectivity index (χ2v) is 4.76. The summed E-state index contributed by atoms with van der Waals surface area (Å²) in [4.78, 5) is 0. The summed E-state index contributed by atoms with van der Waals surface area (Å²) < 4.78 is 3.36. The number of halogens is 3. The smallest absolute Gasteiger partial charge is 0.0417 e. The molecule has 0 unspecified atom stereocenters. The largest absolute Gasteiger partial charge is 0.326 e. The molecule has 0 aliphatic carbocycles. The van der Waals surface area contributed by atoms with Gasteiger partial charge in [-0.05, 0) is 66.1 Å². The van der Waals surface area contributed by atoms with Gasteiger partial charge in [-0.25, -0.2) is 0 Å². The highest BCUT2D eigenvalue weighted by atomic mass is 127. The summed E-state index contributed by atoms with van der Waals surface area (Å²) in [6, 6.07) is 4.02. The zero-order valence-corrected chi connectivity index (χ0v) is 10.9. The Labute approximate surface area is 96.1 Å². The Morgan fingerprint density at radius 2 is 2.00 bits per heavy atom. The number of hydrogen-bond acceptors (Lipinski definition) is 1. The summed E-state index contributed by atoms with van der Waals surface area (Å²) in [5, 5.41) is 0. The summed E-state index contributed by atoms with van der Waals surface area (Å²) >= 11 is 9.17. The highest BCUT2D eigenvalue weighted by Crippen LogP contribution is 2.29. The van der Waals surface area contributed by atoms with Crippen molar-refractivity contribution in [3.05, 3.63) is 30.2 Å². The summed E-state index contributed by atoms with van der Waals surface area (Å²) in [5.41, 5.74) is 6.66. The van der Waals surface area contributed by atoms with Crippen LogP contribution in [0.5, 0.6) is 0 Å². The summed E-state index contributed by atoms with van der Waals surface area (Å²) in [7, 11) is 0. The van der Waals surface area contributed by atoms with Gasteiger partial charge in [0.15, 0.2) is 0 Å². The molecule has 0 spiro atoms. The van der Waals surface area contributed by atoms with Gasteiger partial charge in [-0.3, -0.25) is 0 Å². The number of hydrogen-bond donors (Lipinski definition) is 1. The Hall–Kier alpha value is 0.870. The highest BCUT2D eigenvalue weighted by molar-refractivity contribution is 14.1. The van der Waals surface area contributed by atoms with Gasteiger partial charge in [0, 0.05) is 19.1 Å². The fourth-order valence-electron chi connectivity index (χ4n) is 0.724. The predicted molar refractivity (Wildman–Crippen MR) is 62.5 cm³/mol. The second-order valence-electron chi connectivity index (χ2n) is 2.04. The van der Waals surface area contributed by atoms with E-state index >= 15 is 0 Å². The van der Waals surface area contributed by atoms with Crippen LogP contribution in [0, 0.1) is 3.57 Å². The zero-order chi connectivity index (χ0) is 8.43. The van der Waals surface area contributed by atoms with Gasteiger partial charge in [0.25, 0.3) is 0 Å². The molecule has 0 bridgehead atoms. The first-order chi connectivity index (χ1) is 5.16. The van der Waals surface area contributed by atoms with Crippen LogP contribution in [0.1, 0.15) is 5.56 Å². The lowest BCUT2D eigenvalue weighted by Crippen LogP contribution is -1.98. The van der Waals surface area contributed by atoms with Crippen molar-refractivity contribution in [1.82, 2.24) is 0 Å². The Bertz CT molecular complexity index is 275. The Kier molecular flexibility index (Phi) is 3.80. The maximum Gasteiger partial charge on any atom is 0.0417 e. The maximum atomic E-state index is 5.52. The zero-order valence-electron chi connectivity index (χ0n) is 5.57. The van der Waals surface area contributed by atoms with Crippen LogP contribution >= 0.6 is 54.5 Å². The van der Waals surface area contributed by atoms with Gasteiger partial charge in [-0.15, -0.1) is 0 Å². The first-order valence-electron chi connectivity index (χ1n) is 2.99.